The average molecular weight is 302 g/mol. The first-order valence-corrected chi connectivity index (χ1v) is 7.98. The predicted molar refractivity (Wildman–Crippen MR) is 82.5 cm³/mol. The summed E-state index contributed by atoms with van der Waals surface area (Å²) in [6.45, 7) is 0.818. The second-order valence-corrected chi connectivity index (χ2v) is 6.03. The first-order valence-electron chi connectivity index (χ1n) is 7.10. The maximum absolute atomic E-state index is 12.6. The van der Waals surface area contributed by atoms with Crippen molar-refractivity contribution < 1.29 is 9.53 Å². The largest absolute Gasteiger partial charge is 0.496 e. The minimum Gasteiger partial charge on any atom is -0.496 e. The smallest absolute Gasteiger partial charge is 0.227 e. The van der Waals surface area contributed by atoms with Gasteiger partial charge in [-0.1, -0.05) is 18.2 Å². The highest BCUT2D eigenvalue weighted by atomic mass is 32.1. The molecule has 110 valence electrons. The molecule has 1 saturated heterocycles. The van der Waals surface area contributed by atoms with Gasteiger partial charge in [-0.05, 0) is 18.9 Å². The average Bonchev–Trinajstić information content (AvgIpc) is 3.18. The summed E-state index contributed by atoms with van der Waals surface area (Å²) in [6, 6.07) is 7.84. The van der Waals surface area contributed by atoms with E-state index >= 15 is 0 Å². The molecule has 0 spiro atoms. The lowest BCUT2D eigenvalue weighted by Crippen LogP contribution is -2.31. The van der Waals surface area contributed by atoms with E-state index in [0.29, 0.717) is 6.42 Å². The molecule has 2 aromatic rings. The number of methoxy groups -OCH3 is 1. The minimum absolute atomic E-state index is 0.146. The van der Waals surface area contributed by atoms with Crippen LogP contribution in [-0.2, 0) is 11.2 Å². The number of aromatic nitrogens is 1. The van der Waals surface area contributed by atoms with Gasteiger partial charge in [-0.25, -0.2) is 4.98 Å². The lowest BCUT2D eigenvalue weighted by atomic mass is 10.1. The molecule has 1 aromatic heterocycles. The molecule has 0 radical (unpaired) electrons. The second kappa shape index (κ2) is 6.26. The van der Waals surface area contributed by atoms with E-state index in [1.807, 2.05) is 34.5 Å². The molecule has 0 bridgehead atoms. The van der Waals surface area contributed by atoms with Crippen LogP contribution in [-0.4, -0.2) is 29.4 Å². The Morgan fingerprint density at radius 1 is 1.48 bits per heavy atom. The van der Waals surface area contributed by atoms with Gasteiger partial charge in [0.2, 0.25) is 5.91 Å². The zero-order chi connectivity index (χ0) is 14.7. The Morgan fingerprint density at radius 2 is 2.33 bits per heavy atom. The number of benzene rings is 1. The van der Waals surface area contributed by atoms with E-state index in [0.717, 1.165) is 35.7 Å². The highest BCUT2D eigenvalue weighted by Crippen LogP contribution is 2.33. The van der Waals surface area contributed by atoms with Gasteiger partial charge in [-0.15, -0.1) is 11.3 Å². The number of thiazole rings is 1. The van der Waals surface area contributed by atoms with Gasteiger partial charge >= 0.3 is 0 Å². The monoisotopic (exact) mass is 302 g/mol. The SMILES string of the molecule is COc1ccccc1CC(=O)N1CCCC1c1nccs1. The number of hydrogen-bond donors (Lipinski definition) is 0. The first-order chi connectivity index (χ1) is 10.3. The van der Waals surface area contributed by atoms with Crippen molar-refractivity contribution in [2.45, 2.75) is 25.3 Å². The van der Waals surface area contributed by atoms with Crippen molar-refractivity contribution >= 4 is 17.2 Å². The predicted octanol–water partition coefficient (Wildman–Crippen LogP) is 3.06. The standard InChI is InChI=1S/C16H18N2O2S/c1-20-14-7-3-2-5-12(14)11-15(19)18-9-4-6-13(18)16-17-8-10-21-16/h2-3,5,7-8,10,13H,4,6,9,11H2,1H3. The van der Waals surface area contributed by atoms with Crippen LogP contribution in [0.2, 0.25) is 0 Å². The molecule has 1 unspecified atom stereocenters. The molecule has 0 aliphatic carbocycles. The molecule has 4 nitrogen and oxygen atoms in total. The third kappa shape index (κ3) is 2.93. The van der Waals surface area contributed by atoms with Crippen LogP contribution in [0.3, 0.4) is 0 Å². The summed E-state index contributed by atoms with van der Waals surface area (Å²) in [5.74, 6) is 0.924. The van der Waals surface area contributed by atoms with E-state index < -0.39 is 0 Å². The number of para-hydroxylation sites is 1. The van der Waals surface area contributed by atoms with E-state index in [2.05, 4.69) is 4.98 Å². The highest BCUT2D eigenvalue weighted by Gasteiger charge is 2.31. The normalized spacial score (nSPS) is 18.0. The van der Waals surface area contributed by atoms with Crippen molar-refractivity contribution in [3.63, 3.8) is 0 Å². The molecule has 2 heterocycles. The molecule has 21 heavy (non-hydrogen) atoms. The fourth-order valence-electron chi connectivity index (χ4n) is 2.83. The van der Waals surface area contributed by atoms with E-state index in [-0.39, 0.29) is 11.9 Å². The third-order valence-corrected chi connectivity index (χ3v) is 4.72. The number of amides is 1. The fraction of sp³-hybridized carbons (Fsp3) is 0.375. The van der Waals surface area contributed by atoms with Crippen molar-refractivity contribution in [3.8, 4) is 5.75 Å². The number of rotatable bonds is 4. The van der Waals surface area contributed by atoms with Crippen LogP contribution in [0.25, 0.3) is 0 Å². The van der Waals surface area contributed by atoms with Crippen LogP contribution in [0.15, 0.2) is 35.8 Å². The molecular formula is C16H18N2O2S. The van der Waals surface area contributed by atoms with Crippen LogP contribution in [0.1, 0.15) is 29.5 Å². The van der Waals surface area contributed by atoms with Crippen molar-refractivity contribution in [2.24, 2.45) is 0 Å². The Balaban J connectivity index is 1.75. The fourth-order valence-corrected chi connectivity index (χ4v) is 3.62. The maximum atomic E-state index is 12.6. The second-order valence-electron chi connectivity index (χ2n) is 5.10. The van der Waals surface area contributed by atoms with Crippen LogP contribution < -0.4 is 4.74 Å². The van der Waals surface area contributed by atoms with Crippen LogP contribution >= 0.6 is 11.3 Å². The summed E-state index contributed by atoms with van der Waals surface area (Å²) in [5, 5.41) is 3.01. The Labute approximate surface area is 128 Å². The minimum atomic E-state index is 0.146. The van der Waals surface area contributed by atoms with Gasteiger partial charge in [0.25, 0.3) is 0 Å². The Bertz CT molecular complexity index is 612. The van der Waals surface area contributed by atoms with Crippen LogP contribution in [0.5, 0.6) is 5.75 Å². The van der Waals surface area contributed by atoms with Crippen molar-refractivity contribution in [1.82, 2.24) is 9.88 Å². The molecule has 1 aromatic carbocycles. The van der Waals surface area contributed by atoms with E-state index in [9.17, 15) is 4.79 Å². The van der Waals surface area contributed by atoms with E-state index in [1.54, 1.807) is 24.6 Å². The summed E-state index contributed by atoms with van der Waals surface area (Å²) in [4.78, 5) is 19.0. The highest BCUT2D eigenvalue weighted by molar-refractivity contribution is 7.09. The quantitative estimate of drug-likeness (QED) is 0.871. The number of nitrogens with zero attached hydrogens (tertiary/aromatic N) is 2. The van der Waals surface area contributed by atoms with Gasteiger partial charge < -0.3 is 9.64 Å². The van der Waals surface area contributed by atoms with Crippen LogP contribution in [0, 0.1) is 0 Å². The lowest BCUT2D eigenvalue weighted by Gasteiger charge is -2.23. The molecule has 5 heteroatoms. The summed E-state index contributed by atoms with van der Waals surface area (Å²) in [5.41, 5.74) is 0.940. The summed E-state index contributed by atoms with van der Waals surface area (Å²) in [7, 11) is 1.64. The van der Waals surface area contributed by atoms with Gasteiger partial charge in [-0.2, -0.15) is 0 Å². The van der Waals surface area contributed by atoms with Gasteiger partial charge in [0.15, 0.2) is 0 Å². The summed E-state index contributed by atoms with van der Waals surface area (Å²) in [6.07, 6.45) is 4.24. The molecular weight excluding hydrogens is 284 g/mol. The molecule has 1 fully saturated rings. The van der Waals surface area contributed by atoms with Crippen molar-refractivity contribution in [3.05, 3.63) is 46.4 Å². The molecule has 0 N–H and O–H groups in total. The zero-order valence-corrected chi connectivity index (χ0v) is 12.8. The topological polar surface area (TPSA) is 42.4 Å². The first kappa shape index (κ1) is 14.1. The maximum Gasteiger partial charge on any atom is 0.227 e. The van der Waals surface area contributed by atoms with Gasteiger partial charge in [-0.3, -0.25) is 4.79 Å². The van der Waals surface area contributed by atoms with Crippen molar-refractivity contribution in [1.29, 1.82) is 0 Å². The molecule has 0 saturated carbocycles. The van der Waals surface area contributed by atoms with Gasteiger partial charge in [0.1, 0.15) is 10.8 Å². The third-order valence-electron chi connectivity index (χ3n) is 3.84. The number of hydrogen-bond acceptors (Lipinski definition) is 4. The Kier molecular flexibility index (Phi) is 4.20. The van der Waals surface area contributed by atoms with Crippen LogP contribution in [0.4, 0.5) is 0 Å². The summed E-state index contributed by atoms with van der Waals surface area (Å²) >= 11 is 1.63. The molecule has 1 amide bonds. The van der Waals surface area contributed by atoms with Gasteiger partial charge in [0, 0.05) is 23.7 Å². The van der Waals surface area contributed by atoms with Gasteiger partial charge in [0.05, 0.1) is 19.6 Å². The number of carbonyl (C=O) groups is 1. The number of carbonyl (C=O) groups excluding carboxylic acids is 1. The van der Waals surface area contributed by atoms with Crippen molar-refractivity contribution in [2.75, 3.05) is 13.7 Å². The molecule has 3 rings (SSSR count). The Hall–Kier alpha value is -1.88. The number of ether oxygens (including phenoxy) is 1. The molecule has 1 aliphatic heterocycles. The molecule has 1 atom stereocenters. The zero-order valence-electron chi connectivity index (χ0n) is 12.0. The summed E-state index contributed by atoms with van der Waals surface area (Å²) < 4.78 is 5.33. The van der Waals surface area contributed by atoms with E-state index in [4.69, 9.17) is 4.74 Å². The lowest BCUT2D eigenvalue weighted by molar-refractivity contribution is -0.131. The number of likely N-dealkylation sites (tertiary alicyclic amines) is 1. The molecule has 1 aliphatic rings. The Morgan fingerprint density at radius 3 is 3.10 bits per heavy atom. The van der Waals surface area contributed by atoms with E-state index in [1.165, 1.54) is 0 Å².